The molecule has 6 heteroatoms. The fourth-order valence-corrected chi connectivity index (χ4v) is 3.52. The standard InChI is InChI=1S/C20H23Cl2N3O/c1-14(20(26)24-19-10-5-15(21)13-18(19)22)23-16-6-8-17(9-7-16)25-11-3-2-4-12-25/h5-10,13-14,23H,2-4,11-12H2,1H3,(H,24,26)/t14-/m0/s1. The third kappa shape index (κ3) is 4.83. The normalized spacial score (nSPS) is 15.4. The minimum atomic E-state index is -0.400. The van der Waals surface area contributed by atoms with E-state index in [0.29, 0.717) is 15.7 Å². The van der Waals surface area contributed by atoms with Crippen LogP contribution in [0, 0.1) is 0 Å². The van der Waals surface area contributed by atoms with Gasteiger partial charge in [0, 0.05) is 29.5 Å². The molecule has 1 aliphatic heterocycles. The largest absolute Gasteiger partial charge is 0.374 e. The molecule has 0 bridgehead atoms. The molecule has 1 fully saturated rings. The van der Waals surface area contributed by atoms with Gasteiger partial charge in [0.05, 0.1) is 10.7 Å². The van der Waals surface area contributed by atoms with Gasteiger partial charge in [-0.15, -0.1) is 0 Å². The van der Waals surface area contributed by atoms with Crippen LogP contribution in [0.15, 0.2) is 42.5 Å². The number of amides is 1. The summed E-state index contributed by atoms with van der Waals surface area (Å²) in [5.41, 5.74) is 2.70. The highest BCUT2D eigenvalue weighted by atomic mass is 35.5. The molecular formula is C20H23Cl2N3O. The predicted molar refractivity (Wildman–Crippen MR) is 111 cm³/mol. The summed E-state index contributed by atoms with van der Waals surface area (Å²) >= 11 is 12.0. The van der Waals surface area contributed by atoms with Crippen molar-refractivity contribution in [3.63, 3.8) is 0 Å². The molecule has 2 N–H and O–H groups in total. The Bertz CT molecular complexity index is 758. The summed E-state index contributed by atoms with van der Waals surface area (Å²) in [5.74, 6) is -0.158. The van der Waals surface area contributed by atoms with Crippen molar-refractivity contribution in [2.75, 3.05) is 28.6 Å². The van der Waals surface area contributed by atoms with E-state index in [4.69, 9.17) is 23.2 Å². The number of nitrogens with zero attached hydrogens (tertiary/aromatic N) is 1. The second-order valence-corrected chi connectivity index (χ2v) is 7.42. The van der Waals surface area contributed by atoms with Crippen molar-refractivity contribution >= 4 is 46.2 Å². The Morgan fingerprint density at radius 2 is 1.73 bits per heavy atom. The zero-order valence-electron chi connectivity index (χ0n) is 14.8. The molecule has 138 valence electrons. The molecule has 1 heterocycles. The van der Waals surface area contributed by atoms with Crippen LogP contribution in [0.1, 0.15) is 26.2 Å². The lowest BCUT2D eigenvalue weighted by Gasteiger charge is -2.29. The van der Waals surface area contributed by atoms with Gasteiger partial charge in [-0.25, -0.2) is 0 Å². The number of halogens is 2. The highest BCUT2D eigenvalue weighted by Crippen LogP contribution is 2.26. The summed E-state index contributed by atoms with van der Waals surface area (Å²) in [6.07, 6.45) is 3.83. The van der Waals surface area contributed by atoms with Crippen molar-refractivity contribution < 1.29 is 4.79 Å². The summed E-state index contributed by atoms with van der Waals surface area (Å²) in [6, 6.07) is 12.8. The van der Waals surface area contributed by atoms with Crippen molar-refractivity contribution in [3.05, 3.63) is 52.5 Å². The molecular weight excluding hydrogens is 369 g/mol. The topological polar surface area (TPSA) is 44.4 Å². The quantitative estimate of drug-likeness (QED) is 0.714. The van der Waals surface area contributed by atoms with Gasteiger partial charge >= 0.3 is 0 Å². The molecule has 1 atom stereocenters. The number of anilines is 3. The van der Waals surface area contributed by atoms with E-state index in [9.17, 15) is 4.79 Å². The monoisotopic (exact) mass is 391 g/mol. The first-order valence-electron chi connectivity index (χ1n) is 8.90. The molecule has 1 amide bonds. The number of carbonyl (C=O) groups excluding carboxylic acids is 1. The number of rotatable bonds is 5. The Hall–Kier alpha value is -1.91. The third-order valence-electron chi connectivity index (χ3n) is 4.55. The number of hydrogen-bond donors (Lipinski definition) is 2. The van der Waals surface area contributed by atoms with Crippen molar-refractivity contribution in [1.82, 2.24) is 0 Å². The van der Waals surface area contributed by atoms with Gasteiger partial charge in [0.1, 0.15) is 6.04 Å². The zero-order valence-corrected chi connectivity index (χ0v) is 16.3. The summed E-state index contributed by atoms with van der Waals surface area (Å²) < 4.78 is 0. The van der Waals surface area contributed by atoms with Crippen molar-refractivity contribution in [3.8, 4) is 0 Å². The minimum absolute atomic E-state index is 0.158. The second kappa shape index (κ2) is 8.65. The summed E-state index contributed by atoms with van der Waals surface area (Å²) in [5, 5.41) is 7.00. The molecule has 0 unspecified atom stereocenters. The molecule has 0 saturated carbocycles. The fourth-order valence-electron chi connectivity index (χ4n) is 3.07. The molecule has 1 aliphatic rings. The molecule has 2 aromatic carbocycles. The van der Waals surface area contributed by atoms with Gasteiger partial charge in [-0.1, -0.05) is 23.2 Å². The second-order valence-electron chi connectivity index (χ2n) is 6.57. The number of hydrogen-bond acceptors (Lipinski definition) is 3. The van der Waals surface area contributed by atoms with E-state index in [1.54, 1.807) is 18.2 Å². The van der Waals surface area contributed by atoms with Crippen LogP contribution < -0.4 is 15.5 Å². The minimum Gasteiger partial charge on any atom is -0.374 e. The van der Waals surface area contributed by atoms with Gasteiger partial charge in [-0.05, 0) is 68.7 Å². The molecule has 1 saturated heterocycles. The highest BCUT2D eigenvalue weighted by molar-refractivity contribution is 6.36. The first-order chi connectivity index (χ1) is 12.5. The van der Waals surface area contributed by atoms with Gasteiger partial charge in [0.2, 0.25) is 5.91 Å². The summed E-state index contributed by atoms with van der Waals surface area (Å²) in [7, 11) is 0. The lowest BCUT2D eigenvalue weighted by molar-refractivity contribution is -0.116. The van der Waals surface area contributed by atoms with Crippen LogP contribution in [0.2, 0.25) is 10.0 Å². The highest BCUT2D eigenvalue weighted by Gasteiger charge is 2.15. The van der Waals surface area contributed by atoms with Crippen molar-refractivity contribution in [2.24, 2.45) is 0 Å². The van der Waals surface area contributed by atoms with Gasteiger partial charge in [0.25, 0.3) is 0 Å². The number of benzene rings is 2. The maximum Gasteiger partial charge on any atom is 0.246 e. The van der Waals surface area contributed by atoms with Gasteiger partial charge < -0.3 is 15.5 Å². The SMILES string of the molecule is C[C@H](Nc1ccc(N2CCCCC2)cc1)C(=O)Nc1ccc(Cl)cc1Cl. The molecule has 0 aliphatic carbocycles. The summed E-state index contributed by atoms with van der Waals surface area (Å²) in [6.45, 7) is 4.05. The lowest BCUT2D eigenvalue weighted by Crippen LogP contribution is -2.32. The van der Waals surface area contributed by atoms with Crippen LogP contribution in [-0.2, 0) is 4.79 Å². The molecule has 4 nitrogen and oxygen atoms in total. The van der Waals surface area contributed by atoms with Crippen LogP contribution in [0.25, 0.3) is 0 Å². The van der Waals surface area contributed by atoms with Crippen LogP contribution >= 0.6 is 23.2 Å². The van der Waals surface area contributed by atoms with Gasteiger partial charge in [-0.3, -0.25) is 4.79 Å². The van der Waals surface area contributed by atoms with Crippen LogP contribution in [-0.4, -0.2) is 25.0 Å². The van der Waals surface area contributed by atoms with Crippen LogP contribution in [0.4, 0.5) is 17.1 Å². The lowest BCUT2D eigenvalue weighted by atomic mass is 10.1. The maximum absolute atomic E-state index is 12.4. The molecule has 0 spiro atoms. The Kier molecular flexibility index (Phi) is 6.28. The first kappa shape index (κ1) is 18.9. The Morgan fingerprint density at radius 1 is 1.04 bits per heavy atom. The third-order valence-corrected chi connectivity index (χ3v) is 5.10. The Balaban J connectivity index is 1.58. The smallest absolute Gasteiger partial charge is 0.246 e. The van der Waals surface area contributed by atoms with E-state index in [0.717, 1.165) is 18.8 Å². The van der Waals surface area contributed by atoms with E-state index in [2.05, 4.69) is 27.7 Å². The maximum atomic E-state index is 12.4. The van der Waals surface area contributed by atoms with E-state index >= 15 is 0 Å². The van der Waals surface area contributed by atoms with E-state index < -0.39 is 6.04 Å². The molecule has 3 rings (SSSR count). The molecule has 2 aromatic rings. The van der Waals surface area contributed by atoms with Crippen LogP contribution in [0.5, 0.6) is 0 Å². The molecule has 0 aromatic heterocycles. The van der Waals surface area contributed by atoms with Gasteiger partial charge in [-0.2, -0.15) is 0 Å². The van der Waals surface area contributed by atoms with Crippen LogP contribution in [0.3, 0.4) is 0 Å². The zero-order chi connectivity index (χ0) is 18.5. The fraction of sp³-hybridized carbons (Fsp3) is 0.350. The first-order valence-corrected chi connectivity index (χ1v) is 9.66. The van der Waals surface area contributed by atoms with Crippen molar-refractivity contribution in [1.29, 1.82) is 0 Å². The van der Waals surface area contributed by atoms with Crippen molar-refractivity contribution in [2.45, 2.75) is 32.2 Å². The molecule has 26 heavy (non-hydrogen) atoms. The Labute approximate surface area is 164 Å². The summed E-state index contributed by atoms with van der Waals surface area (Å²) in [4.78, 5) is 14.8. The number of nitrogens with one attached hydrogen (secondary N) is 2. The average Bonchev–Trinajstić information content (AvgIpc) is 2.65. The van der Waals surface area contributed by atoms with E-state index in [1.165, 1.54) is 24.9 Å². The number of piperidine rings is 1. The van der Waals surface area contributed by atoms with Gasteiger partial charge in [0.15, 0.2) is 0 Å². The predicted octanol–water partition coefficient (Wildman–Crippen LogP) is 5.42. The van der Waals surface area contributed by atoms with E-state index in [1.807, 2.05) is 19.1 Å². The Morgan fingerprint density at radius 3 is 2.38 bits per heavy atom. The number of carbonyl (C=O) groups is 1. The van der Waals surface area contributed by atoms with E-state index in [-0.39, 0.29) is 5.91 Å². The molecule has 0 radical (unpaired) electrons. The average molecular weight is 392 g/mol.